The third-order valence-corrected chi connectivity index (χ3v) is 4.44. The second-order valence-corrected chi connectivity index (χ2v) is 5.87. The van der Waals surface area contributed by atoms with Crippen LogP contribution in [0.1, 0.15) is 31.2 Å². The lowest BCUT2D eigenvalue weighted by Crippen LogP contribution is -2.24. The van der Waals surface area contributed by atoms with Crippen LogP contribution in [-0.4, -0.2) is 13.6 Å². The molecule has 0 aromatic heterocycles. The van der Waals surface area contributed by atoms with E-state index < -0.39 is 0 Å². The number of rotatable bonds is 4. The predicted octanol–water partition coefficient (Wildman–Crippen LogP) is 3.53. The van der Waals surface area contributed by atoms with E-state index in [0.29, 0.717) is 6.54 Å². The first-order valence-electron chi connectivity index (χ1n) is 6.40. The van der Waals surface area contributed by atoms with Gasteiger partial charge in [-0.1, -0.05) is 34.8 Å². The van der Waals surface area contributed by atoms with E-state index in [1.54, 1.807) is 0 Å². The van der Waals surface area contributed by atoms with Crippen LogP contribution < -0.4 is 10.6 Å². The van der Waals surface area contributed by atoms with Gasteiger partial charge in [-0.2, -0.15) is 0 Å². The minimum Gasteiger partial charge on any atom is -0.374 e. The third kappa shape index (κ3) is 3.23. The van der Waals surface area contributed by atoms with Crippen LogP contribution in [0, 0.1) is 5.92 Å². The highest BCUT2D eigenvalue weighted by atomic mass is 79.9. The van der Waals surface area contributed by atoms with Gasteiger partial charge in [-0.25, -0.2) is 0 Å². The van der Waals surface area contributed by atoms with E-state index in [0.717, 1.165) is 10.4 Å². The highest BCUT2D eigenvalue weighted by molar-refractivity contribution is 9.10. The van der Waals surface area contributed by atoms with Gasteiger partial charge in [-0.15, -0.1) is 0 Å². The van der Waals surface area contributed by atoms with Crippen molar-refractivity contribution < 1.29 is 0 Å². The molecule has 1 saturated carbocycles. The van der Waals surface area contributed by atoms with Gasteiger partial charge < -0.3 is 10.6 Å². The summed E-state index contributed by atoms with van der Waals surface area (Å²) >= 11 is 3.58. The molecule has 1 fully saturated rings. The summed E-state index contributed by atoms with van der Waals surface area (Å²) in [5, 5.41) is 0. The lowest BCUT2D eigenvalue weighted by Gasteiger charge is -2.23. The van der Waals surface area contributed by atoms with Crippen molar-refractivity contribution in [2.24, 2.45) is 11.7 Å². The maximum atomic E-state index is 5.67. The Hall–Kier alpha value is -0.540. The van der Waals surface area contributed by atoms with E-state index in [1.165, 1.54) is 43.5 Å². The van der Waals surface area contributed by atoms with E-state index in [2.05, 4.69) is 46.1 Å². The summed E-state index contributed by atoms with van der Waals surface area (Å²) in [4.78, 5) is 2.36. The van der Waals surface area contributed by atoms with Crippen LogP contribution in [0.2, 0.25) is 0 Å². The number of benzene rings is 1. The van der Waals surface area contributed by atoms with Gasteiger partial charge in [0.15, 0.2) is 0 Å². The molecule has 0 radical (unpaired) electrons. The minimum atomic E-state index is 0.590. The average molecular weight is 297 g/mol. The minimum absolute atomic E-state index is 0.590. The van der Waals surface area contributed by atoms with Crippen molar-refractivity contribution in [2.75, 3.05) is 18.5 Å². The van der Waals surface area contributed by atoms with E-state index >= 15 is 0 Å². The van der Waals surface area contributed by atoms with Crippen molar-refractivity contribution in [3.05, 3.63) is 28.2 Å². The number of nitrogens with zero attached hydrogens (tertiary/aromatic N) is 1. The second-order valence-electron chi connectivity index (χ2n) is 5.01. The summed E-state index contributed by atoms with van der Waals surface area (Å²) in [6, 6.07) is 6.46. The molecule has 1 aromatic rings. The van der Waals surface area contributed by atoms with Gasteiger partial charge in [0.2, 0.25) is 0 Å². The van der Waals surface area contributed by atoms with Gasteiger partial charge in [-0.3, -0.25) is 0 Å². The number of anilines is 1. The quantitative estimate of drug-likeness (QED) is 0.921. The van der Waals surface area contributed by atoms with Crippen molar-refractivity contribution in [3.63, 3.8) is 0 Å². The Morgan fingerprint density at radius 2 is 2.06 bits per heavy atom. The van der Waals surface area contributed by atoms with Crippen LogP contribution in [0.4, 0.5) is 5.69 Å². The molecular formula is C14H21BrN2. The van der Waals surface area contributed by atoms with Crippen molar-refractivity contribution in [1.82, 2.24) is 0 Å². The van der Waals surface area contributed by atoms with E-state index in [9.17, 15) is 0 Å². The smallest absolute Gasteiger partial charge is 0.0375 e. The molecule has 94 valence electrons. The van der Waals surface area contributed by atoms with Gasteiger partial charge in [0.25, 0.3) is 0 Å². The second kappa shape index (κ2) is 5.87. The maximum Gasteiger partial charge on any atom is 0.0375 e. The zero-order chi connectivity index (χ0) is 12.3. The number of hydrogen-bond donors (Lipinski definition) is 1. The molecule has 2 rings (SSSR count). The molecule has 1 aromatic carbocycles. The molecule has 2 nitrogen and oxygen atoms in total. The molecule has 0 spiro atoms. The molecule has 3 heteroatoms. The van der Waals surface area contributed by atoms with Crippen molar-refractivity contribution in [1.29, 1.82) is 0 Å². The summed E-state index contributed by atoms with van der Waals surface area (Å²) < 4.78 is 1.12. The molecule has 0 bridgehead atoms. The van der Waals surface area contributed by atoms with Crippen molar-refractivity contribution in [2.45, 2.75) is 32.2 Å². The van der Waals surface area contributed by atoms with Crippen LogP contribution in [-0.2, 0) is 6.54 Å². The molecule has 0 atom stereocenters. The number of nitrogens with two attached hydrogens (primary N) is 1. The first kappa shape index (κ1) is 12.9. The summed E-state index contributed by atoms with van der Waals surface area (Å²) in [5.41, 5.74) is 8.11. The molecule has 1 aliphatic rings. The molecule has 0 aliphatic heterocycles. The Bertz CT molecular complexity index is 372. The lowest BCUT2D eigenvalue weighted by atomic mass is 10.1. The topological polar surface area (TPSA) is 29.3 Å². The zero-order valence-corrected chi connectivity index (χ0v) is 12.0. The molecule has 0 unspecified atom stereocenters. The van der Waals surface area contributed by atoms with Gasteiger partial charge in [0.05, 0.1) is 0 Å². The molecule has 1 aliphatic carbocycles. The van der Waals surface area contributed by atoms with Crippen LogP contribution in [0.15, 0.2) is 22.7 Å². The molecule has 0 saturated heterocycles. The van der Waals surface area contributed by atoms with Gasteiger partial charge in [0, 0.05) is 30.3 Å². The Balaban J connectivity index is 2.02. The van der Waals surface area contributed by atoms with Crippen LogP contribution in [0.25, 0.3) is 0 Å². The standard InChI is InChI=1S/C14H21BrN2/c1-17(10-11-4-2-3-5-11)13-7-6-12(9-16)14(15)8-13/h6-8,11H,2-5,9-10,16H2,1H3. The fourth-order valence-corrected chi connectivity index (χ4v) is 3.15. The highest BCUT2D eigenvalue weighted by Gasteiger charge is 2.17. The van der Waals surface area contributed by atoms with Crippen LogP contribution in [0.3, 0.4) is 0 Å². The number of hydrogen-bond acceptors (Lipinski definition) is 2. The third-order valence-electron chi connectivity index (χ3n) is 3.70. The Morgan fingerprint density at radius 3 is 2.65 bits per heavy atom. The predicted molar refractivity (Wildman–Crippen MR) is 77.3 cm³/mol. The van der Waals surface area contributed by atoms with Crippen LogP contribution in [0.5, 0.6) is 0 Å². The fourth-order valence-electron chi connectivity index (χ4n) is 2.62. The lowest BCUT2D eigenvalue weighted by molar-refractivity contribution is 0.547. The largest absolute Gasteiger partial charge is 0.374 e. The monoisotopic (exact) mass is 296 g/mol. The number of halogens is 1. The zero-order valence-electron chi connectivity index (χ0n) is 10.5. The average Bonchev–Trinajstić information content (AvgIpc) is 2.81. The summed E-state index contributed by atoms with van der Waals surface area (Å²) in [6.07, 6.45) is 5.61. The van der Waals surface area contributed by atoms with Crippen molar-refractivity contribution in [3.8, 4) is 0 Å². The maximum absolute atomic E-state index is 5.67. The normalized spacial score (nSPS) is 16.4. The first-order chi connectivity index (χ1) is 8.20. The van der Waals surface area contributed by atoms with Gasteiger partial charge in [0.1, 0.15) is 0 Å². The molecule has 17 heavy (non-hydrogen) atoms. The van der Waals surface area contributed by atoms with E-state index in [-0.39, 0.29) is 0 Å². The van der Waals surface area contributed by atoms with Gasteiger partial charge in [-0.05, 0) is 36.5 Å². The van der Waals surface area contributed by atoms with E-state index in [4.69, 9.17) is 5.73 Å². The molecular weight excluding hydrogens is 276 g/mol. The van der Waals surface area contributed by atoms with Gasteiger partial charge >= 0.3 is 0 Å². The fraction of sp³-hybridized carbons (Fsp3) is 0.571. The molecule has 2 N–H and O–H groups in total. The summed E-state index contributed by atoms with van der Waals surface area (Å²) in [5.74, 6) is 0.882. The SMILES string of the molecule is CN(CC1CCCC1)c1ccc(CN)c(Br)c1. The summed E-state index contributed by atoms with van der Waals surface area (Å²) in [6.45, 7) is 1.77. The first-order valence-corrected chi connectivity index (χ1v) is 7.19. The Morgan fingerprint density at radius 1 is 1.35 bits per heavy atom. The van der Waals surface area contributed by atoms with Crippen LogP contribution >= 0.6 is 15.9 Å². The molecule has 0 amide bonds. The van der Waals surface area contributed by atoms with E-state index in [1.807, 2.05) is 0 Å². The Kier molecular flexibility index (Phi) is 4.46. The van der Waals surface area contributed by atoms with Crippen molar-refractivity contribution >= 4 is 21.6 Å². The Labute approximate surface area is 112 Å². The molecule has 0 heterocycles. The highest BCUT2D eigenvalue weighted by Crippen LogP contribution is 2.28. The summed E-state index contributed by atoms with van der Waals surface area (Å²) in [7, 11) is 2.18.